The Morgan fingerprint density at radius 3 is 2.35 bits per heavy atom. The molecule has 1 aromatic rings. The standard InChI is InChI=1S/C16H26N2O2/c1-5-18(6-2)13-12-17-15(19)16(3,4)20-14-10-8-7-9-11-14/h7-11H,5-6,12-13H2,1-4H3,(H,17,19). The first-order valence-corrected chi connectivity index (χ1v) is 7.24. The third kappa shape index (κ3) is 5.21. The van der Waals surface area contributed by atoms with Crippen molar-refractivity contribution in [3.8, 4) is 5.75 Å². The van der Waals surface area contributed by atoms with Crippen molar-refractivity contribution in [1.29, 1.82) is 0 Å². The Balaban J connectivity index is 2.44. The molecule has 0 spiro atoms. The van der Waals surface area contributed by atoms with Crippen LogP contribution < -0.4 is 10.1 Å². The Kier molecular flexibility index (Phi) is 6.52. The number of rotatable bonds is 8. The second kappa shape index (κ2) is 7.90. The smallest absolute Gasteiger partial charge is 0.263 e. The molecule has 0 radical (unpaired) electrons. The van der Waals surface area contributed by atoms with Crippen LogP contribution in [0.15, 0.2) is 30.3 Å². The Labute approximate surface area is 122 Å². The third-order valence-corrected chi connectivity index (χ3v) is 3.27. The minimum Gasteiger partial charge on any atom is -0.478 e. The molecule has 0 aromatic heterocycles. The van der Waals surface area contributed by atoms with Gasteiger partial charge >= 0.3 is 0 Å². The molecule has 0 saturated heterocycles. The van der Waals surface area contributed by atoms with Gasteiger partial charge in [0.05, 0.1) is 0 Å². The SMILES string of the molecule is CCN(CC)CCNC(=O)C(C)(C)Oc1ccccc1. The van der Waals surface area contributed by atoms with Gasteiger partial charge in [-0.05, 0) is 39.1 Å². The molecule has 0 aliphatic carbocycles. The number of hydrogen-bond donors (Lipinski definition) is 1. The van der Waals surface area contributed by atoms with E-state index in [1.165, 1.54) is 0 Å². The van der Waals surface area contributed by atoms with Crippen LogP contribution >= 0.6 is 0 Å². The minimum absolute atomic E-state index is 0.0893. The quantitative estimate of drug-likeness (QED) is 0.793. The molecule has 1 rings (SSSR count). The van der Waals surface area contributed by atoms with Crippen LogP contribution in [0.5, 0.6) is 5.75 Å². The maximum absolute atomic E-state index is 12.2. The zero-order valence-corrected chi connectivity index (χ0v) is 13.0. The fraction of sp³-hybridized carbons (Fsp3) is 0.562. The number of likely N-dealkylation sites (N-methyl/N-ethyl adjacent to an activating group) is 1. The summed E-state index contributed by atoms with van der Waals surface area (Å²) in [6.07, 6.45) is 0. The number of carbonyl (C=O) groups is 1. The van der Waals surface area contributed by atoms with Crippen LogP contribution in [0.4, 0.5) is 0 Å². The summed E-state index contributed by atoms with van der Waals surface area (Å²) in [4.78, 5) is 14.4. The van der Waals surface area contributed by atoms with Gasteiger partial charge in [-0.25, -0.2) is 0 Å². The number of para-hydroxylation sites is 1. The summed E-state index contributed by atoms with van der Waals surface area (Å²) in [5.41, 5.74) is -0.870. The van der Waals surface area contributed by atoms with Crippen molar-refractivity contribution < 1.29 is 9.53 Å². The van der Waals surface area contributed by atoms with Gasteiger partial charge in [0.1, 0.15) is 5.75 Å². The number of benzene rings is 1. The molecule has 0 aliphatic heterocycles. The van der Waals surface area contributed by atoms with E-state index in [9.17, 15) is 4.79 Å². The van der Waals surface area contributed by atoms with Crippen molar-refractivity contribution in [2.24, 2.45) is 0 Å². The molecule has 0 heterocycles. The lowest BCUT2D eigenvalue weighted by Crippen LogP contribution is -2.48. The largest absolute Gasteiger partial charge is 0.478 e. The van der Waals surface area contributed by atoms with Crippen molar-refractivity contribution in [1.82, 2.24) is 10.2 Å². The normalized spacial score (nSPS) is 11.4. The second-order valence-electron chi connectivity index (χ2n) is 5.21. The summed E-state index contributed by atoms with van der Waals surface area (Å²) >= 11 is 0. The highest BCUT2D eigenvalue weighted by atomic mass is 16.5. The lowest BCUT2D eigenvalue weighted by atomic mass is 10.1. The first kappa shape index (κ1) is 16.5. The van der Waals surface area contributed by atoms with Gasteiger partial charge in [0.15, 0.2) is 5.60 Å². The van der Waals surface area contributed by atoms with E-state index < -0.39 is 5.60 Å². The lowest BCUT2D eigenvalue weighted by Gasteiger charge is -2.26. The fourth-order valence-corrected chi connectivity index (χ4v) is 1.91. The summed E-state index contributed by atoms with van der Waals surface area (Å²) in [5, 5.41) is 2.94. The molecule has 20 heavy (non-hydrogen) atoms. The molecule has 1 N–H and O–H groups in total. The zero-order valence-electron chi connectivity index (χ0n) is 13.0. The van der Waals surface area contributed by atoms with Crippen molar-refractivity contribution in [3.05, 3.63) is 30.3 Å². The predicted octanol–water partition coefficient (Wildman–Crippen LogP) is 2.30. The topological polar surface area (TPSA) is 41.6 Å². The van der Waals surface area contributed by atoms with Crippen LogP contribution in [0.3, 0.4) is 0 Å². The fourth-order valence-electron chi connectivity index (χ4n) is 1.91. The lowest BCUT2D eigenvalue weighted by molar-refractivity contribution is -0.134. The maximum atomic E-state index is 12.2. The Hall–Kier alpha value is -1.55. The summed E-state index contributed by atoms with van der Waals surface area (Å²) in [7, 11) is 0. The van der Waals surface area contributed by atoms with Gasteiger partial charge in [-0.1, -0.05) is 32.0 Å². The van der Waals surface area contributed by atoms with E-state index in [4.69, 9.17) is 4.74 Å². The van der Waals surface area contributed by atoms with Gasteiger partial charge in [0.25, 0.3) is 5.91 Å². The van der Waals surface area contributed by atoms with Crippen LogP contribution in [0.2, 0.25) is 0 Å². The first-order chi connectivity index (χ1) is 9.49. The van der Waals surface area contributed by atoms with Crippen LogP contribution in [-0.2, 0) is 4.79 Å². The van der Waals surface area contributed by atoms with Gasteiger partial charge in [0.2, 0.25) is 0 Å². The summed E-state index contributed by atoms with van der Waals surface area (Å²) in [6, 6.07) is 9.41. The van der Waals surface area contributed by atoms with Gasteiger partial charge in [-0.15, -0.1) is 0 Å². The molecule has 0 unspecified atom stereocenters. The van der Waals surface area contributed by atoms with Gasteiger partial charge in [-0.3, -0.25) is 4.79 Å². The van der Waals surface area contributed by atoms with Crippen LogP contribution in [-0.4, -0.2) is 42.6 Å². The molecule has 0 saturated carbocycles. The molecule has 0 aliphatic rings. The Bertz CT molecular complexity index is 400. The van der Waals surface area contributed by atoms with Crippen LogP contribution in [0, 0.1) is 0 Å². The summed E-state index contributed by atoms with van der Waals surface area (Å²) in [6.45, 7) is 11.3. The number of ether oxygens (including phenoxy) is 1. The number of carbonyl (C=O) groups excluding carboxylic acids is 1. The van der Waals surface area contributed by atoms with E-state index in [0.717, 1.165) is 19.6 Å². The van der Waals surface area contributed by atoms with E-state index in [0.29, 0.717) is 12.3 Å². The molecule has 1 aromatic carbocycles. The van der Waals surface area contributed by atoms with Crippen molar-refractivity contribution in [3.63, 3.8) is 0 Å². The summed E-state index contributed by atoms with van der Waals surface area (Å²) < 4.78 is 5.75. The molecule has 4 heteroatoms. The maximum Gasteiger partial charge on any atom is 0.263 e. The van der Waals surface area contributed by atoms with Gasteiger partial charge in [-0.2, -0.15) is 0 Å². The zero-order chi connectivity index (χ0) is 15.0. The number of hydrogen-bond acceptors (Lipinski definition) is 3. The molecule has 0 bridgehead atoms. The molecule has 0 fully saturated rings. The molecular formula is C16H26N2O2. The Morgan fingerprint density at radius 1 is 1.20 bits per heavy atom. The average molecular weight is 278 g/mol. The molecule has 0 atom stereocenters. The third-order valence-electron chi connectivity index (χ3n) is 3.27. The van der Waals surface area contributed by atoms with E-state index >= 15 is 0 Å². The molecule has 1 amide bonds. The van der Waals surface area contributed by atoms with E-state index in [1.807, 2.05) is 30.3 Å². The van der Waals surface area contributed by atoms with Crippen molar-refractivity contribution in [2.75, 3.05) is 26.2 Å². The number of nitrogens with zero attached hydrogens (tertiary/aromatic N) is 1. The predicted molar refractivity (Wildman–Crippen MR) is 81.9 cm³/mol. The van der Waals surface area contributed by atoms with Crippen molar-refractivity contribution >= 4 is 5.91 Å². The number of nitrogens with one attached hydrogen (secondary N) is 1. The molecule has 4 nitrogen and oxygen atoms in total. The van der Waals surface area contributed by atoms with Gasteiger partial charge in [0, 0.05) is 13.1 Å². The average Bonchev–Trinajstić information content (AvgIpc) is 2.44. The van der Waals surface area contributed by atoms with Gasteiger partial charge < -0.3 is 15.0 Å². The van der Waals surface area contributed by atoms with Crippen LogP contribution in [0.1, 0.15) is 27.7 Å². The first-order valence-electron chi connectivity index (χ1n) is 7.24. The minimum atomic E-state index is -0.870. The molecule has 112 valence electrons. The Morgan fingerprint density at radius 2 is 1.80 bits per heavy atom. The van der Waals surface area contributed by atoms with Crippen molar-refractivity contribution in [2.45, 2.75) is 33.3 Å². The second-order valence-corrected chi connectivity index (χ2v) is 5.21. The highest BCUT2D eigenvalue weighted by Crippen LogP contribution is 2.17. The van der Waals surface area contributed by atoms with E-state index in [1.54, 1.807) is 13.8 Å². The van der Waals surface area contributed by atoms with Crippen LogP contribution in [0.25, 0.3) is 0 Å². The monoisotopic (exact) mass is 278 g/mol. The van der Waals surface area contributed by atoms with E-state index in [2.05, 4.69) is 24.1 Å². The number of amides is 1. The highest BCUT2D eigenvalue weighted by Gasteiger charge is 2.29. The molecular weight excluding hydrogens is 252 g/mol. The highest BCUT2D eigenvalue weighted by molar-refractivity contribution is 5.84. The van der Waals surface area contributed by atoms with E-state index in [-0.39, 0.29) is 5.91 Å². The summed E-state index contributed by atoms with van der Waals surface area (Å²) in [5.74, 6) is 0.616.